The van der Waals surface area contributed by atoms with Crippen molar-refractivity contribution >= 4 is 6.21 Å². The van der Waals surface area contributed by atoms with E-state index in [0.717, 1.165) is 19.6 Å². The third-order valence-corrected chi connectivity index (χ3v) is 1.51. The average molecular weight is 126 g/mol. The zero-order chi connectivity index (χ0) is 6.36. The van der Waals surface area contributed by atoms with E-state index in [-0.39, 0.29) is 0 Å². The molecule has 0 radical (unpaired) electrons. The molecule has 0 aromatic rings. The molecule has 1 rings (SSSR count). The summed E-state index contributed by atoms with van der Waals surface area (Å²) < 4.78 is 0. The highest BCUT2D eigenvalue weighted by atomic mass is 14.9. The van der Waals surface area contributed by atoms with Crippen molar-refractivity contribution in [3.8, 4) is 0 Å². The zero-order valence-electron chi connectivity index (χ0n) is 5.77. The Labute approximate surface area is 56.4 Å². The quantitative estimate of drug-likeness (QED) is 0.511. The van der Waals surface area contributed by atoms with Gasteiger partial charge in [-0.1, -0.05) is 6.42 Å². The molecule has 0 atom stereocenters. The SMILES string of the molecule is C1=NCCCCCNC1. The summed E-state index contributed by atoms with van der Waals surface area (Å²) in [5.41, 5.74) is 0. The van der Waals surface area contributed by atoms with Gasteiger partial charge in [-0.3, -0.25) is 4.99 Å². The molecule has 1 heterocycles. The predicted molar refractivity (Wildman–Crippen MR) is 40.1 cm³/mol. The second-order valence-electron chi connectivity index (χ2n) is 2.35. The summed E-state index contributed by atoms with van der Waals surface area (Å²) in [4.78, 5) is 4.20. The molecule has 0 amide bonds. The van der Waals surface area contributed by atoms with Crippen LogP contribution >= 0.6 is 0 Å². The topological polar surface area (TPSA) is 24.4 Å². The molecular formula is C7H14N2. The van der Waals surface area contributed by atoms with Gasteiger partial charge in [0.1, 0.15) is 0 Å². The molecule has 1 aliphatic heterocycles. The van der Waals surface area contributed by atoms with Crippen molar-refractivity contribution in [2.45, 2.75) is 19.3 Å². The maximum atomic E-state index is 4.20. The summed E-state index contributed by atoms with van der Waals surface area (Å²) in [5, 5.41) is 3.28. The van der Waals surface area contributed by atoms with Crippen LogP contribution in [0.3, 0.4) is 0 Å². The average Bonchev–Trinajstić information content (AvgIpc) is 2.00. The molecule has 9 heavy (non-hydrogen) atoms. The van der Waals surface area contributed by atoms with Crippen molar-refractivity contribution in [1.82, 2.24) is 5.32 Å². The van der Waals surface area contributed by atoms with Gasteiger partial charge in [0.25, 0.3) is 0 Å². The number of nitrogens with one attached hydrogen (secondary N) is 1. The zero-order valence-corrected chi connectivity index (χ0v) is 5.77. The molecule has 2 nitrogen and oxygen atoms in total. The second-order valence-corrected chi connectivity index (χ2v) is 2.35. The highest BCUT2D eigenvalue weighted by molar-refractivity contribution is 5.59. The summed E-state index contributed by atoms with van der Waals surface area (Å²) in [6.45, 7) is 3.15. The van der Waals surface area contributed by atoms with Gasteiger partial charge in [0.15, 0.2) is 0 Å². The van der Waals surface area contributed by atoms with Gasteiger partial charge in [0.2, 0.25) is 0 Å². The van der Waals surface area contributed by atoms with Crippen LogP contribution in [0.1, 0.15) is 19.3 Å². The first-order valence-electron chi connectivity index (χ1n) is 3.69. The Balaban J connectivity index is 2.15. The number of aliphatic imine (C=N–C) groups is 1. The van der Waals surface area contributed by atoms with E-state index < -0.39 is 0 Å². The van der Waals surface area contributed by atoms with Gasteiger partial charge in [-0.15, -0.1) is 0 Å². The molecule has 0 fully saturated rings. The van der Waals surface area contributed by atoms with Gasteiger partial charge in [-0.2, -0.15) is 0 Å². The van der Waals surface area contributed by atoms with Crippen LogP contribution in [0.5, 0.6) is 0 Å². The minimum Gasteiger partial charge on any atom is -0.312 e. The number of rotatable bonds is 0. The first-order valence-corrected chi connectivity index (χ1v) is 3.69. The molecule has 0 saturated carbocycles. The molecule has 0 aromatic heterocycles. The maximum absolute atomic E-state index is 4.20. The third-order valence-electron chi connectivity index (χ3n) is 1.51. The summed E-state index contributed by atoms with van der Waals surface area (Å²) in [6, 6.07) is 0. The van der Waals surface area contributed by atoms with Crippen molar-refractivity contribution in [2.75, 3.05) is 19.6 Å². The fraction of sp³-hybridized carbons (Fsp3) is 0.857. The van der Waals surface area contributed by atoms with Crippen LogP contribution in [-0.2, 0) is 0 Å². The summed E-state index contributed by atoms with van der Waals surface area (Å²) >= 11 is 0. The van der Waals surface area contributed by atoms with Crippen molar-refractivity contribution in [1.29, 1.82) is 0 Å². The van der Waals surface area contributed by atoms with Gasteiger partial charge < -0.3 is 5.32 Å². The first kappa shape index (κ1) is 6.75. The van der Waals surface area contributed by atoms with Crippen LogP contribution in [0.15, 0.2) is 4.99 Å². The minimum atomic E-state index is 0.958. The number of hydrogen-bond donors (Lipinski definition) is 1. The van der Waals surface area contributed by atoms with Crippen molar-refractivity contribution in [3.63, 3.8) is 0 Å². The molecule has 0 spiro atoms. The Bertz CT molecular complexity index is 78.9. The van der Waals surface area contributed by atoms with Gasteiger partial charge >= 0.3 is 0 Å². The fourth-order valence-corrected chi connectivity index (χ4v) is 0.952. The van der Waals surface area contributed by atoms with Crippen LogP contribution in [-0.4, -0.2) is 25.8 Å². The Morgan fingerprint density at radius 3 is 3.22 bits per heavy atom. The third kappa shape index (κ3) is 3.25. The lowest BCUT2D eigenvalue weighted by molar-refractivity contribution is 0.649. The predicted octanol–water partition coefficient (Wildman–Crippen LogP) is 0.831. The van der Waals surface area contributed by atoms with Crippen molar-refractivity contribution in [3.05, 3.63) is 0 Å². The molecule has 0 bridgehead atoms. The molecule has 0 unspecified atom stereocenters. The summed E-state index contributed by atoms with van der Waals surface area (Å²) in [6.07, 6.45) is 5.87. The molecule has 0 aromatic carbocycles. The van der Waals surface area contributed by atoms with E-state index in [0.29, 0.717) is 0 Å². The normalized spacial score (nSPS) is 22.2. The van der Waals surface area contributed by atoms with E-state index in [2.05, 4.69) is 10.3 Å². The highest BCUT2D eigenvalue weighted by Gasteiger charge is 1.90. The second kappa shape index (κ2) is 4.50. The highest BCUT2D eigenvalue weighted by Crippen LogP contribution is 1.94. The lowest BCUT2D eigenvalue weighted by Crippen LogP contribution is -2.16. The standard InChI is InChI=1S/C7H14N2/c1-2-4-8-6-7-9-5-3-1/h6,9H,1-5,7H2. The Hall–Kier alpha value is -0.370. The smallest absolute Gasteiger partial charge is 0.0385 e. The molecule has 0 aliphatic carbocycles. The van der Waals surface area contributed by atoms with E-state index in [1.807, 2.05) is 6.21 Å². The fourth-order valence-electron chi connectivity index (χ4n) is 0.952. The monoisotopic (exact) mass is 126 g/mol. The van der Waals surface area contributed by atoms with E-state index >= 15 is 0 Å². The van der Waals surface area contributed by atoms with Crippen LogP contribution < -0.4 is 5.32 Å². The maximum Gasteiger partial charge on any atom is 0.0385 e. The molecule has 2 heteroatoms. The van der Waals surface area contributed by atoms with E-state index in [4.69, 9.17) is 0 Å². The molecule has 1 N–H and O–H groups in total. The van der Waals surface area contributed by atoms with E-state index in [9.17, 15) is 0 Å². The van der Waals surface area contributed by atoms with Gasteiger partial charge in [0, 0.05) is 19.3 Å². The number of hydrogen-bond acceptors (Lipinski definition) is 2. The van der Waals surface area contributed by atoms with Crippen LogP contribution in [0.4, 0.5) is 0 Å². The molecular weight excluding hydrogens is 112 g/mol. The Morgan fingerprint density at radius 1 is 1.22 bits per heavy atom. The van der Waals surface area contributed by atoms with Gasteiger partial charge in [0.05, 0.1) is 0 Å². The lowest BCUT2D eigenvalue weighted by atomic mass is 10.2. The van der Waals surface area contributed by atoms with Crippen molar-refractivity contribution < 1.29 is 0 Å². The summed E-state index contributed by atoms with van der Waals surface area (Å²) in [5.74, 6) is 0. The Kier molecular flexibility index (Phi) is 3.38. The number of nitrogens with zero attached hydrogens (tertiary/aromatic N) is 1. The molecule has 52 valence electrons. The van der Waals surface area contributed by atoms with Gasteiger partial charge in [-0.25, -0.2) is 0 Å². The minimum absolute atomic E-state index is 0.958. The van der Waals surface area contributed by atoms with E-state index in [1.54, 1.807) is 0 Å². The summed E-state index contributed by atoms with van der Waals surface area (Å²) in [7, 11) is 0. The van der Waals surface area contributed by atoms with Gasteiger partial charge in [-0.05, 0) is 19.4 Å². The van der Waals surface area contributed by atoms with Crippen LogP contribution in [0.2, 0.25) is 0 Å². The first-order chi connectivity index (χ1) is 4.50. The van der Waals surface area contributed by atoms with E-state index in [1.165, 1.54) is 19.3 Å². The van der Waals surface area contributed by atoms with Crippen molar-refractivity contribution in [2.24, 2.45) is 4.99 Å². The lowest BCUT2D eigenvalue weighted by Gasteiger charge is -1.96. The van der Waals surface area contributed by atoms with Crippen LogP contribution in [0.25, 0.3) is 0 Å². The Morgan fingerprint density at radius 2 is 2.22 bits per heavy atom. The van der Waals surface area contributed by atoms with Crippen LogP contribution in [0, 0.1) is 0 Å². The largest absolute Gasteiger partial charge is 0.312 e. The molecule has 1 aliphatic rings. The molecule has 0 saturated heterocycles.